The van der Waals surface area contributed by atoms with Crippen LogP contribution in [0.15, 0.2) is 77.0 Å². The van der Waals surface area contributed by atoms with Crippen LogP contribution in [0.4, 0.5) is 5.69 Å². The predicted octanol–water partition coefficient (Wildman–Crippen LogP) is 3.42. The van der Waals surface area contributed by atoms with Gasteiger partial charge in [-0.25, -0.2) is 0 Å². The van der Waals surface area contributed by atoms with Gasteiger partial charge in [0, 0.05) is 23.4 Å². The Kier molecular flexibility index (Phi) is 4.79. The fraction of sp³-hybridized carbons (Fsp3) is 0.0476. The van der Waals surface area contributed by atoms with Crippen LogP contribution >= 0.6 is 0 Å². The van der Waals surface area contributed by atoms with Crippen LogP contribution < -0.4 is 20.1 Å². The van der Waals surface area contributed by atoms with Crippen molar-refractivity contribution in [1.29, 1.82) is 0 Å². The molecule has 28 heavy (non-hydrogen) atoms. The molecule has 1 aliphatic heterocycles. The summed E-state index contributed by atoms with van der Waals surface area (Å²) in [6.45, 7) is 0.142. The maximum absolute atomic E-state index is 12.8. The Labute approximate surface area is 160 Å². The average Bonchev–Trinajstić information content (AvgIpc) is 3.39. The number of benzene rings is 2. The number of carbonyl (C=O) groups excluding carboxylic acids is 2. The number of hydrogen-bond acceptors (Lipinski definition) is 5. The first kappa shape index (κ1) is 17.4. The molecule has 0 atom stereocenters. The first-order chi connectivity index (χ1) is 13.7. The lowest BCUT2D eigenvalue weighted by molar-refractivity contribution is -0.113. The van der Waals surface area contributed by atoms with Gasteiger partial charge in [-0.2, -0.15) is 0 Å². The standard InChI is InChI=1S/C21H16N2O5/c24-20(14-5-2-1-3-6-14)23-17(12-16-7-4-10-26-16)21(25)22-15-8-9-18-19(11-15)28-13-27-18/h1-12H,13H2,(H,22,25)(H,23,24)/b17-12-. The highest BCUT2D eigenvalue weighted by Crippen LogP contribution is 2.34. The molecule has 0 spiro atoms. The van der Waals surface area contributed by atoms with E-state index in [-0.39, 0.29) is 12.5 Å². The summed E-state index contributed by atoms with van der Waals surface area (Å²) in [5.74, 6) is 0.687. The van der Waals surface area contributed by atoms with E-state index in [0.717, 1.165) is 0 Å². The second kappa shape index (κ2) is 7.71. The van der Waals surface area contributed by atoms with Gasteiger partial charge in [-0.15, -0.1) is 0 Å². The minimum atomic E-state index is -0.500. The Morgan fingerprint density at radius 1 is 0.929 bits per heavy atom. The fourth-order valence-corrected chi connectivity index (χ4v) is 2.63. The first-order valence-electron chi connectivity index (χ1n) is 8.52. The zero-order chi connectivity index (χ0) is 19.3. The number of ether oxygens (including phenoxy) is 2. The van der Waals surface area contributed by atoms with Crippen molar-refractivity contribution in [3.63, 3.8) is 0 Å². The second-order valence-electron chi connectivity index (χ2n) is 5.92. The summed E-state index contributed by atoms with van der Waals surface area (Å²) in [7, 11) is 0. The number of fused-ring (bicyclic) bond motifs is 1. The van der Waals surface area contributed by atoms with E-state index < -0.39 is 11.8 Å². The van der Waals surface area contributed by atoms with Crippen molar-refractivity contribution in [1.82, 2.24) is 5.32 Å². The monoisotopic (exact) mass is 376 g/mol. The molecule has 2 heterocycles. The minimum absolute atomic E-state index is 0.0430. The van der Waals surface area contributed by atoms with Gasteiger partial charge < -0.3 is 24.5 Å². The molecule has 2 amide bonds. The summed E-state index contributed by atoms with van der Waals surface area (Å²) < 4.78 is 15.8. The van der Waals surface area contributed by atoms with Crippen molar-refractivity contribution < 1.29 is 23.5 Å². The molecule has 2 aromatic carbocycles. The van der Waals surface area contributed by atoms with Crippen LogP contribution in [0.3, 0.4) is 0 Å². The molecule has 4 rings (SSSR count). The van der Waals surface area contributed by atoms with Crippen LogP contribution in [-0.2, 0) is 4.79 Å². The van der Waals surface area contributed by atoms with E-state index in [4.69, 9.17) is 13.9 Å². The topological polar surface area (TPSA) is 89.8 Å². The molecule has 140 valence electrons. The number of amides is 2. The third kappa shape index (κ3) is 3.88. The molecule has 0 radical (unpaired) electrons. The lowest BCUT2D eigenvalue weighted by atomic mass is 10.2. The van der Waals surface area contributed by atoms with Gasteiger partial charge >= 0.3 is 0 Å². The normalized spacial score (nSPS) is 12.5. The van der Waals surface area contributed by atoms with E-state index in [9.17, 15) is 9.59 Å². The predicted molar refractivity (Wildman–Crippen MR) is 102 cm³/mol. The molecule has 0 unspecified atom stereocenters. The van der Waals surface area contributed by atoms with Crippen LogP contribution in [0.2, 0.25) is 0 Å². The van der Waals surface area contributed by atoms with Crippen LogP contribution in [0, 0.1) is 0 Å². The number of furan rings is 1. The van der Waals surface area contributed by atoms with Gasteiger partial charge in [0.15, 0.2) is 11.5 Å². The molecule has 7 nitrogen and oxygen atoms in total. The molecule has 7 heteroatoms. The summed E-state index contributed by atoms with van der Waals surface area (Å²) in [5, 5.41) is 5.38. The highest BCUT2D eigenvalue weighted by atomic mass is 16.7. The zero-order valence-electron chi connectivity index (χ0n) is 14.7. The van der Waals surface area contributed by atoms with Crippen molar-refractivity contribution in [2.75, 3.05) is 12.1 Å². The third-order valence-electron chi connectivity index (χ3n) is 3.99. The molecule has 0 aliphatic carbocycles. The molecule has 1 aromatic heterocycles. The quantitative estimate of drug-likeness (QED) is 0.666. The van der Waals surface area contributed by atoms with Crippen molar-refractivity contribution in [3.05, 3.63) is 83.9 Å². The smallest absolute Gasteiger partial charge is 0.272 e. The maximum Gasteiger partial charge on any atom is 0.272 e. The number of nitrogens with one attached hydrogen (secondary N) is 2. The Morgan fingerprint density at radius 2 is 1.75 bits per heavy atom. The largest absolute Gasteiger partial charge is 0.465 e. The highest BCUT2D eigenvalue weighted by Gasteiger charge is 2.18. The molecule has 0 bridgehead atoms. The van der Waals surface area contributed by atoms with E-state index in [1.807, 2.05) is 6.07 Å². The summed E-state index contributed by atoms with van der Waals surface area (Å²) in [6.07, 6.45) is 2.95. The summed E-state index contributed by atoms with van der Waals surface area (Å²) in [6, 6.07) is 17.1. The lowest BCUT2D eigenvalue weighted by Gasteiger charge is -2.11. The maximum atomic E-state index is 12.8. The molecule has 3 aromatic rings. The fourth-order valence-electron chi connectivity index (χ4n) is 2.63. The number of anilines is 1. The van der Waals surface area contributed by atoms with Gasteiger partial charge in [0.1, 0.15) is 11.5 Å². The Balaban J connectivity index is 1.56. The second-order valence-corrected chi connectivity index (χ2v) is 5.92. The van der Waals surface area contributed by atoms with Gasteiger partial charge in [0.2, 0.25) is 6.79 Å². The van der Waals surface area contributed by atoms with E-state index >= 15 is 0 Å². The molecule has 2 N–H and O–H groups in total. The minimum Gasteiger partial charge on any atom is -0.465 e. The number of rotatable bonds is 5. The van der Waals surface area contributed by atoms with Crippen LogP contribution in [0.1, 0.15) is 16.1 Å². The van der Waals surface area contributed by atoms with Gasteiger partial charge in [-0.05, 0) is 36.4 Å². The van der Waals surface area contributed by atoms with E-state index in [1.165, 1.54) is 12.3 Å². The van der Waals surface area contributed by atoms with E-state index in [1.54, 1.807) is 54.6 Å². The van der Waals surface area contributed by atoms with Crippen molar-refractivity contribution in [3.8, 4) is 11.5 Å². The molecule has 0 saturated carbocycles. The third-order valence-corrected chi connectivity index (χ3v) is 3.99. The first-order valence-corrected chi connectivity index (χ1v) is 8.52. The van der Waals surface area contributed by atoms with Crippen LogP contribution in [0.25, 0.3) is 6.08 Å². The number of carbonyl (C=O) groups is 2. The van der Waals surface area contributed by atoms with E-state index in [0.29, 0.717) is 28.5 Å². The summed E-state index contributed by atoms with van der Waals surface area (Å²) in [5.41, 5.74) is 0.985. The van der Waals surface area contributed by atoms with Crippen molar-refractivity contribution >= 4 is 23.6 Å². The molecule has 1 aliphatic rings. The SMILES string of the molecule is O=C(Nc1ccc2c(c1)OCO2)/C(=C/c1ccco1)NC(=O)c1ccccc1. The summed E-state index contributed by atoms with van der Waals surface area (Å²) >= 11 is 0. The Hall–Kier alpha value is -4.00. The van der Waals surface area contributed by atoms with Crippen molar-refractivity contribution in [2.24, 2.45) is 0 Å². The van der Waals surface area contributed by atoms with Crippen molar-refractivity contribution in [2.45, 2.75) is 0 Å². The Bertz CT molecular complexity index is 1030. The highest BCUT2D eigenvalue weighted by molar-refractivity contribution is 6.10. The van der Waals surface area contributed by atoms with Gasteiger partial charge in [-0.1, -0.05) is 18.2 Å². The summed E-state index contributed by atoms with van der Waals surface area (Å²) in [4.78, 5) is 25.3. The zero-order valence-corrected chi connectivity index (χ0v) is 14.7. The average molecular weight is 376 g/mol. The lowest BCUT2D eigenvalue weighted by Crippen LogP contribution is -2.30. The Morgan fingerprint density at radius 3 is 2.54 bits per heavy atom. The van der Waals surface area contributed by atoms with Gasteiger partial charge in [-0.3, -0.25) is 9.59 Å². The molecule has 0 saturated heterocycles. The van der Waals surface area contributed by atoms with Gasteiger partial charge in [0.25, 0.3) is 11.8 Å². The van der Waals surface area contributed by atoms with Crippen LogP contribution in [0.5, 0.6) is 11.5 Å². The van der Waals surface area contributed by atoms with Crippen LogP contribution in [-0.4, -0.2) is 18.6 Å². The molecule has 0 fully saturated rings. The molecular weight excluding hydrogens is 360 g/mol. The number of hydrogen-bond donors (Lipinski definition) is 2. The molecular formula is C21H16N2O5. The van der Waals surface area contributed by atoms with E-state index in [2.05, 4.69) is 10.6 Å². The van der Waals surface area contributed by atoms with Gasteiger partial charge in [0.05, 0.1) is 6.26 Å².